The predicted octanol–water partition coefficient (Wildman–Crippen LogP) is 0.758. The summed E-state index contributed by atoms with van der Waals surface area (Å²) in [5.41, 5.74) is 11.3. The van der Waals surface area contributed by atoms with E-state index in [9.17, 15) is 0 Å². The summed E-state index contributed by atoms with van der Waals surface area (Å²) in [5.74, 6) is 0.646. The first-order valence-electron chi connectivity index (χ1n) is 6.58. The Morgan fingerprint density at radius 3 is 2.71 bits per heavy atom. The highest BCUT2D eigenvalue weighted by molar-refractivity contribution is 5.96. The van der Waals surface area contributed by atoms with Crippen molar-refractivity contribution >= 4 is 11.7 Å². The SMILES string of the molecule is CNCc1ccc(C2NN=C(c3nccnc3N)O2)cc1. The summed E-state index contributed by atoms with van der Waals surface area (Å²) in [4.78, 5) is 8.11. The Labute approximate surface area is 122 Å². The molecule has 2 heterocycles. The number of hydrogen-bond donors (Lipinski definition) is 3. The Bertz CT molecular complexity index is 655. The van der Waals surface area contributed by atoms with E-state index in [2.05, 4.69) is 25.8 Å². The van der Waals surface area contributed by atoms with E-state index in [-0.39, 0.29) is 6.23 Å². The van der Waals surface area contributed by atoms with Crippen LogP contribution in [0.4, 0.5) is 5.82 Å². The van der Waals surface area contributed by atoms with E-state index in [4.69, 9.17) is 10.5 Å². The lowest BCUT2D eigenvalue weighted by molar-refractivity contribution is 0.191. The van der Waals surface area contributed by atoms with Crippen LogP contribution >= 0.6 is 0 Å². The van der Waals surface area contributed by atoms with Crippen molar-refractivity contribution in [1.82, 2.24) is 20.7 Å². The van der Waals surface area contributed by atoms with Gasteiger partial charge in [-0.2, -0.15) is 0 Å². The van der Waals surface area contributed by atoms with E-state index in [1.165, 1.54) is 11.8 Å². The maximum Gasteiger partial charge on any atom is 0.263 e. The van der Waals surface area contributed by atoms with Crippen molar-refractivity contribution in [2.45, 2.75) is 12.8 Å². The first-order chi connectivity index (χ1) is 10.3. The van der Waals surface area contributed by atoms with Gasteiger partial charge in [0.05, 0.1) is 0 Å². The largest absolute Gasteiger partial charge is 0.445 e. The van der Waals surface area contributed by atoms with Gasteiger partial charge in [0.15, 0.2) is 11.5 Å². The number of aromatic nitrogens is 2. The molecule has 108 valence electrons. The third kappa shape index (κ3) is 2.77. The standard InChI is InChI=1S/C14H16N6O/c1-16-8-9-2-4-10(5-3-9)13-19-20-14(21-13)11-12(15)18-7-6-17-11/h2-7,13,16,19H,8H2,1H3,(H2,15,18). The quantitative estimate of drug-likeness (QED) is 0.767. The Morgan fingerprint density at radius 2 is 2.00 bits per heavy atom. The van der Waals surface area contributed by atoms with Crippen LogP contribution < -0.4 is 16.5 Å². The van der Waals surface area contributed by atoms with Gasteiger partial charge >= 0.3 is 0 Å². The Balaban J connectivity index is 1.72. The first-order valence-corrected chi connectivity index (χ1v) is 6.58. The van der Waals surface area contributed by atoms with E-state index in [1.807, 2.05) is 31.3 Å². The molecule has 21 heavy (non-hydrogen) atoms. The summed E-state index contributed by atoms with van der Waals surface area (Å²) in [7, 11) is 1.92. The van der Waals surface area contributed by atoms with Gasteiger partial charge in [0.25, 0.3) is 5.90 Å². The molecule has 7 nitrogen and oxygen atoms in total. The van der Waals surface area contributed by atoms with Crippen molar-refractivity contribution in [3.05, 3.63) is 53.5 Å². The molecule has 1 aromatic heterocycles. The number of ether oxygens (including phenoxy) is 1. The van der Waals surface area contributed by atoms with Crippen LogP contribution in [0.15, 0.2) is 41.8 Å². The number of nitrogen functional groups attached to an aromatic ring is 1. The van der Waals surface area contributed by atoms with Gasteiger partial charge in [-0.3, -0.25) is 5.43 Å². The van der Waals surface area contributed by atoms with Crippen molar-refractivity contribution in [2.24, 2.45) is 5.10 Å². The van der Waals surface area contributed by atoms with Gasteiger partial charge in [0.1, 0.15) is 0 Å². The van der Waals surface area contributed by atoms with Crippen molar-refractivity contribution < 1.29 is 4.74 Å². The fourth-order valence-electron chi connectivity index (χ4n) is 2.06. The summed E-state index contributed by atoms with van der Waals surface area (Å²) in [5, 5.41) is 7.24. The van der Waals surface area contributed by atoms with Gasteiger partial charge in [-0.05, 0) is 12.6 Å². The van der Waals surface area contributed by atoms with E-state index in [0.29, 0.717) is 17.4 Å². The maximum atomic E-state index is 5.77. The molecule has 4 N–H and O–H groups in total. The van der Waals surface area contributed by atoms with Crippen LogP contribution in [-0.4, -0.2) is 22.9 Å². The fraction of sp³-hybridized carbons (Fsp3) is 0.214. The first kappa shape index (κ1) is 13.3. The molecule has 0 spiro atoms. The van der Waals surface area contributed by atoms with Crippen LogP contribution in [0.1, 0.15) is 23.0 Å². The number of rotatable bonds is 4. The number of nitrogens with one attached hydrogen (secondary N) is 2. The number of hydrogen-bond acceptors (Lipinski definition) is 7. The zero-order chi connectivity index (χ0) is 14.7. The van der Waals surface area contributed by atoms with Crippen LogP contribution in [0.5, 0.6) is 0 Å². The van der Waals surface area contributed by atoms with Gasteiger partial charge in [0, 0.05) is 24.5 Å². The molecular weight excluding hydrogens is 268 g/mol. The van der Waals surface area contributed by atoms with Gasteiger partial charge < -0.3 is 15.8 Å². The Hall–Kier alpha value is -2.67. The monoisotopic (exact) mass is 284 g/mol. The molecule has 0 amide bonds. The van der Waals surface area contributed by atoms with E-state index < -0.39 is 0 Å². The second-order valence-corrected chi connectivity index (χ2v) is 4.61. The maximum absolute atomic E-state index is 5.77. The number of anilines is 1. The third-order valence-corrected chi connectivity index (χ3v) is 3.11. The van der Waals surface area contributed by atoms with E-state index >= 15 is 0 Å². The third-order valence-electron chi connectivity index (χ3n) is 3.11. The molecule has 7 heteroatoms. The lowest BCUT2D eigenvalue weighted by Crippen LogP contribution is -2.14. The molecular formula is C14H16N6O. The predicted molar refractivity (Wildman–Crippen MR) is 79.1 cm³/mol. The highest BCUT2D eigenvalue weighted by Gasteiger charge is 2.24. The van der Waals surface area contributed by atoms with Crippen LogP contribution in [0.3, 0.4) is 0 Å². The zero-order valence-electron chi connectivity index (χ0n) is 11.6. The van der Waals surface area contributed by atoms with Crippen LogP contribution in [0, 0.1) is 0 Å². The van der Waals surface area contributed by atoms with Crippen molar-refractivity contribution in [3.63, 3.8) is 0 Å². The van der Waals surface area contributed by atoms with Crippen LogP contribution in [-0.2, 0) is 11.3 Å². The smallest absolute Gasteiger partial charge is 0.263 e. The molecule has 0 fully saturated rings. The molecule has 1 aromatic carbocycles. The molecule has 1 atom stereocenters. The minimum Gasteiger partial charge on any atom is -0.445 e. The molecule has 0 aliphatic carbocycles. The second-order valence-electron chi connectivity index (χ2n) is 4.61. The van der Waals surface area contributed by atoms with E-state index in [0.717, 1.165) is 12.1 Å². The molecule has 2 aromatic rings. The average Bonchev–Trinajstić information content (AvgIpc) is 2.98. The summed E-state index contributed by atoms with van der Waals surface area (Å²) < 4.78 is 5.75. The minimum absolute atomic E-state index is 0.295. The molecule has 3 rings (SSSR count). The number of nitrogens with zero attached hydrogens (tertiary/aromatic N) is 3. The average molecular weight is 284 g/mol. The Morgan fingerprint density at radius 1 is 1.24 bits per heavy atom. The molecule has 0 bridgehead atoms. The number of nitrogens with two attached hydrogens (primary N) is 1. The Kier molecular flexibility index (Phi) is 3.65. The minimum atomic E-state index is -0.343. The van der Waals surface area contributed by atoms with Gasteiger partial charge in [-0.1, -0.05) is 24.3 Å². The van der Waals surface area contributed by atoms with Gasteiger partial charge in [0.2, 0.25) is 6.23 Å². The molecule has 1 aliphatic heterocycles. The molecule has 1 unspecified atom stereocenters. The van der Waals surface area contributed by atoms with E-state index in [1.54, 1.807) is 6.20 Å². The summed E-state index contributed by atoms with van der Waals surface area (Å²) in [6.07, 6.45) is 2.74. The normalized spacial score (nSPS) is 17.0. The number of hydrazone groups is 1. The van der Waals surface area contributed by atoms with Crippen molar-refractivity contribution in [2.75, 3.05) is 12.8 Å². The van der Waals surface area contributed by atoms with Gasteiger partial charge in [-0.15, -0.1) is 5.10 Å². The summed E-state index contributed by atoms with van der Waals surface area (Å²) in [6.45, 7) is 0.830. The topological polar surface area (TPSA) is 97.5 Å². The number of benzene rings is 1. The zero-order valence-corrected chi connectivity index (χ0v) is 11.6. The highest BCUT2D eigenvalue weighted by atomic mass is 16.5. The molecule has 0 saturated carbocycles. The van der Waals surface area contributed by atoms with Gasteiger partial charge in [-0.25, -0.2) is 9.97 Å². The highest BCUT2D eigenvalue weighted by Crippen LogP contribution is 2.22. The fourth-order valence-corrected chi connectivity index (χ4v) is 2.06. The molecule has 0 saturated heterocycles. The summed E-state index contributed by atoms with van der Waals surface area (Å²) >= 11 is 0. The lowest BCUT2D eigenvalue weighted by atomic mass is 10.1. The molecule has 0 radical (unpaired) electrons. The summed E-state index contributed by atoms with van der Waals surface area (Å²) in [6, 6.07) is 8.10. The lowest BCUT2D eigenvalue weighted by Gasteiger charge is -2.12. The van der Waals surface area contributed by atoms with Crippen molar-refractivity contribution in [1.29, 1.82) is 0 Å². The van der Waals surface area contributed by atoms with Crippen LogP contribution in [0.2, 0.25) is 0 Å². The second kappa shape index (κ2) is 5.76. The van der Waals surface area contributed by atoms with Crippen molar-refractivity contribution in [3.8, 4) is 0 Å². The molecule has 1 aliphatic rings. The van der Waals surface area contributed by atoms with Crippen LogP contribution in [0.25, 0.3) is 0 Å².